The lowest BCUT2D eigenvalue weighted by molar-refractivity contribution is -0.161. The number of aliphatic hydroxyl groups is 1. The van der Waals surface area contributed by atoms with Crippen molar-refractivity contribution in [1.82, 2.24) is 0 Å². The molecule has 85 heavy (non-hydrogen) atoms. The van der Waals surface area contributed by atoms with Crippen molar-refractivity contribution >= 4 is 39.5 Å². The van der Waals surface area contributed by atoms with Crippen LogP contribution in [0.2, 0.25) is 0 Å². The van der Waals surface area contributed by atoms with E-state index < -0.39 is 97.5 Å². The normalized spacial score (nSPS) is 15.0. The van der Waals surface area contributed by atoms with Crippen LogP contribution in [-0.4, -0.2) is 96.7 Å². The first-order chi connectivity index (χ1) is 40.7. The second kappa shape index (κ2) is 56.1. The minimum absolute atomic E-state index is 0.102. The fourth-order valence-electron chi connectivity index (χ4n) is 9.72. The SMILES string of the molecule is CCC(C)CCCCCCCCCCC(=O)OC[C@H](COP(=O)(O)OCC(O)COP(=O)(O)OC[C@@H](COC(=O)CCCCCCCCCCC(C)C)OC(=O)CCCCCCCCCC(C)C)OC(=O)CCCCCCCCCCC(C)CC. The van der Waals surface area contributed by atoms with Gasteiger partial charge in [0.2, 0.25) is 0 Å². The second-order valence-electron chi connectivity index (χ2n) is 25.3. The van der Waals surface area contributed by atoms with Crippen LogP contribution in [0.4, 0.5) is 0 Å². The average molecular weight is 1260 g/mol. The molecule has 3 N–H and O–H groups in total. The second-order valence-corrected chi connectivity index (χ2v) is 28.2. The number of aliphatic hydroxyl groups excluding tert-OH is 1. The van der Waals surface area contributed by atoms with E-state index in [1.54, 1.807) is 0 Å². The van der Waals surface area contributed by atoms with Gasteiger partial charge in [-0.05, 0) is 49.4 Å². The molecule has 0 saturated carbocycles. The molecule has 0 spiro atoms. The molecule has 0 aromatic heterocycles. The number of carbonyl (C=O) groups excluding carboxylic acids is 4. The van der Waals surface area contributed by atoms with Crippen LogP contribution in [0, 0.1) is 23.7 Å². The first-order valence-corrected chi connectivity index (χ1v) is 37.3. The maximum atomic E-state index is 13.0. The number of esters is 4. The van der Waals surface area contributed by atoms with Crippen molar-refractivity contribution in [2.75, 3.05) is 39.6 Å². The van der Waals surface area contributed by atoms with Crippen molar-refractivity contribution in [3.63, 3.8) is 0 Å². The molecular weight excluding hydrogens is 1130 g/mol. The summed E-state index contributed by atoms with van der Waals surface area (Å²) in [6, 6.07) is 0. The molecule has 0 aromatic rings. The average Bonchev–Trinajstić information content (AvgIpc) is 3.62. The summed E-state index contributed by atoms with van der Waals surface area (Å²) in [5.41, 5.74) is 0. The van der Waals surface area contributed by atoms with Gasteiger partial charge in [-0.2, -0.15) is 0 Å². The molecule has 5 unspecified atom stereocenters. The van der Waals surface area contributed by atoms with E-state index in [0.29, 0.717) is 31.6 Å². The molecular formula is C66H128O17P2. The molecule has 0 aliphatic heterocycles. The van der Waals surface area contributed by atoms with E-state index in [-0.39, 0.29) is 25.7 Å². The van der Waals surface area contributed by atoms with Crippen LogP contribution in [0.3, 0.4) is 0 Å². The monoisotopic (exact) mass is 1250 g/mol. The molecule has 0 heterocycles. The van der Waals surface area contributed by atoms with Gasteiger partial charge in [0, 0.05) is 25.7 Å². The van der Waals surface area contributed by atoms with Gasteiger partial charge in [0.25, 0.3) is 0 Å². The Labute approximate surface area is 517 Å². The van der Waals surface area contributed by atoms with Gasteiger partial charge >= 0.3 is 39.5 Å². The standard InChI is InChI=1S/C66H128O17P2/c1-9-58(7)44-36-28-20-12-15-23-31-39-47-64(69)77-52-61(82-65(70)48-40-32-24-16-13-21-29-37-45-59(8)10-2)54-80-84(72,73)78-50-60(67)51-79-85(74,75)81-55-62(83-66(71)49-41-33-25-17-19-27-35-43-57(5)6)53-76-63(68)46-38-30-22-14-11-18-26-34-42-56(3)4/h56-62,67H,9-55H2,1-8H3,(H,72,73)(H,74,75)/t58?,59?,60?,61-,62-/m1/s1. The summed E-state index contributed by atoms with van der Waals surface area (Å²) in [6.07, 6.45) is 36.2. The minimum Gasteiger partial charge on any atom is -0.462 e. The lowest BCUT2D eigenvalue weighted by atomic mass is 9.99. The predicted molar refractivity (Wildman–Crippen MR) is 340 cm³/mol. The highest BCUT2D eigenvalue weighted by atomic mass is 31.2. The highest BCUT2D eigenvalue weighted by Gasteiger charge is 2.30. The van der Waals surface area contributed by atoms with Gasteiger partial charge in [-0.15, -0.1) is 0 Å². The van der Waals surface area contributed by atoms with E-state index in [9.17, 15) is 43.2 Å². The van der Waals surface area contributed by atoms with Crippen molar-refractivity contribution in [3.8, 4) is 0 Å². The molecule has 0 fully saturated rings. The number of hydrogen-bond acceptors (Lipinski definition) is 15. The lowest BCUT2D eigenvalue weighted by Crippen LogP contribution is -2.30. The molecule has 504 valence electrons. The summed E-state index contributed by atoms with van der Waals surface area (Å²) in [5, 5.41) is 10.6. The Morgan fingerprint density at radius 2 is 0.565 bits per heavy atom. The van der Waals surface area contributed by atoms with E-state index in [2.05, 4.69) is 55.4 Å². The first kappa shape index (κ1) is 83.1. The molecule has 0 amide bonds. The summed E-state index contributed by atoms with van der Waals surface area (Å²) in [5.74, 6) is 0.830. The Balaban J connectivity index is 5.27. The number of ether oxygens (including phenoxy) is 4. The predicted octanol–water partition coefficient (Wildman–Crippen LogP) is 18.1. The van der Waals surface area contributed by atoms with Crippen LogP contribution in [-0.2, 0) is 65.4 Å². The molecule has 0 radical (unpaired) electrons. The Bertz CT molecular complexity index is 1700. The van der Waals surface area contributed by atoms with Crippen LogP contribution in [0.15, 0.2) is 0 Å². The Kier molecular flexibility index (Phi) is 54.8. The molecule has 0 saturated heterocycles. The topological polar surface area (TPSA) is 237 Å². The van der Waals surface area contributed by atoms with Gasteiger partial charge < -0.3 is 33.8 Å². The molecule has 0 rings (SSSR count). The quantitative estimate of drug-likeness (QED) is 0.0222. The largest absolute Gasteiger partial charge is 0.472 e. The van der Waals surface area contributed by atoms with E-state index in [1.165, 1.54) is 122 Å². The van der Waals surface area contributed by atoms with Gasteiger partial charge in [-0.3, -0.25) is 37.3 Å². The third-order valence-corrected chi connectivity index (χ3v) is 17.7. The molecule has 0 aliphatic rings. The number of unbranched alkanes of at least 4 members (excludes halogenated alkanes) is 27. The zero-order valence-corrected chi connectivity index (χ0v) is 57.0. The molecule has 0 aromatic carbocycles. The third-order valence-electron chi connectivity index (χ3n) is 15.8. The van der Waals surface area contributed by atoms with Crippen LogP contribution < -0.4 is 0 Å². The smallest absolute Gasteiger partial charge is 0.462 e. The van der Waals surface area contributed by atoms with Gasteiger partial charge in [0.15, 0.2) is 12.2 Å². The third kappa shape index (κ3) is 58.2. The van der Waals surface area contributed by atoms with Crippen molar-refractivity contribution < 1.29 is 80.2 Å². The van der Waals surface area contributed by atoms with E-state index >= 15 is 0 Å². The summed E-state index contributed by atoms with van der Waals surface area (Å²) in [4.78, 5) is 72.3. The Morgan fingerprint density at radius 3 is 0.835 bits per heavy atom. The first-order valence-electron chi connectivity index (χ1n) is 34.3. The number of carbonyl (C=O) groups is 4. The van der Waals surface area contributed by atoms with Crippen molar-refractivity contribution in [3.05, 3.63) is 0 Å². The highest BCUT2D eigenvalue weighted by Crippen LogP contribution is 2.45. The van der Waals surface area contributed by atoms with Crippen molar-refractivity contribution in [2.24, 2.45) is 23.7 Å². The molecule has 0 bridgehead atoms. The van der Waals surface area contributed by atoms with Crippen LogP contribution in [0.1, 0.15) is 319 Å². The lowest BCUT2D eigenvalue weighted by Gasteiger charge is -2.21. The van der Waals surface area contributed by atoms with Gasteiger partial charge in [0.1, 0.15) is 19.3 Å². The maximum Gasteiger partial charge on any atom is 0.472 e. The number of hydrogen-bond donors (Lipinski definition) is 3. The van der Waals surface area contributed by atoms with Gasteiger partial charge in [-0.1, -0.05) is 267 Å². The minimum atomic E-state index is -4.95. The number of phosphoric ester groups is 2. The fourth-order valence-corrected chi connectivity index (χ4v) is 11.3. The van der Waals surface area contributed by atoms with Crippen LogP contribution >= 0.6 is 15.6 Å². The van der Waals surface area contributed by atoms with Crippen molar-refractivity contribution in [1.29, 1.82) is 0 Å². The highest BCUT2D eigenvalue weighted by molar-refractivity contribution is 7.47. The van der Waals surface area contributed by atoms with E-state index in [1.807, 2.05) is 0 Å². The summed E-state index contributed by atoms with van der Waals surface area (Å²) in [6.45, 7) is 14.0. The van der Waals surface area contributed by atoms with Gasteiger partial charge in [-0.25, -0.2) is 9.13 Å². The summed E-state index contributed by atoms with van der Waals surface area (Å²) in [7, 11) is -9.89. The summed E-state index contributed by atoms with van der Waals surface area (Å²) >= 11 is 0. The maximum absolute atomic E-state index is 13.0. The molecule has 19 heteroatoms. The number of phosphoric acid groups is 2. The Morgan fingerprint density at radius 1 is 0.329 bits per heavy atom. The summed E-state index contributed by atoms with van der Waals surface area (Å²) < 4.78 is 68.1. The molecule has 0 aliphatic carbocycles. The van der Waals surface area contributed by atoms with E-state index in [0.717, 1.165) is 108 Å². The Hall–Kier alpha value is -1.94. The van der Waals surface area contributed by atoms with Gasteiger partial charge in [0.05, 0.1) is 26.4 Å². The number of rotatable bonds is 63. The van der Waals surface area contributed by atoms with Crippen molar-refractivity contribution in [2.45, 2.75) is 337 Å². The van der Waals surface area contributed by atoms with E-state index in [4.69, 9.17) is 37.0 Å². The zero-order chi connectivity index (χ0) is 63.2. The van der Waals surface area contributed by atoms with Crippen LogP contribution in [0.25, 0.3) is 0 Å². The fraction of sp³-hybridized carbons (Fsp3) is 0.939. The molecule has 7 atom stereocenters. The zero-order valence-electron chi connectivity index (χ0n) is 55.2. The van der Waals surface area contributed by atoms with Crippen LogP contribution in [0.5, 0.6) is 0 Å². The molecule has 17 nitrogen and oxygen atoms in total.